The lowest BCUT2D eigenvalue weighted by Crippen LogP contribution is -2.33. The number of carbonyl (C=O) groups excluding carboxylic acids is 1. The molecule has 0 aliphatic rings. The molecule has 0 fully saturated rings. The molecule has 138 valence electrons. The van der Waals surface area contributed by atoms with E-state index in [0.717, 1.165) is 0 Å². The normalized spacial score (nSPS) is 12.0. The van der Waals surface area contributed by atoms with Crippen molar-refractivity contribution in [3.63, 3.8) is 0 Å². The van der Waals surface area contributed by atoms with Crippen molar-refractivity contribution in [2.45, 2.75) is 19.9 Å². The molecule has 0 unspecified atom stereocenters. The summed E-state index contributed by atoms with van der Waals surface area (Å²) < 4.78 is 13.9. The molecule has 0 saturated heterocycles. The van der Waals surface area contributed by atoms with Crippen molar-refractivity contribution in [1.29, 1.82) is 0 Å². The van der Waals surface area contributed by atoms with E-state index in [1.54, 1.807) is 30.6 Å². The summed E-state index contributed by atoms with van der Waals surface area (Å²) in [6.07, 6.45) is 3.20. The summed E-state index contributed by atoms with van der Waals surface area (Å²) >= 11 is 0. The highest BCUT2D eigenvalue weighted by atomic mass is 19.1. The smallest absolute Gasteiger partial charge is 0.254 e. The molecule has 27 heavy (non-hydrogen) atoms. The van der Waals surface area contributed by atoms with Crippen LogP contribution >= 0.6 is 0 Å². The van der Waals surface area contributed by atoms with E-state index in [9.17, 15) is 14.0 Å². The molecule has 6 nitrogen and oxygen atoms in total. The van der Waals surface area contributed by atoms with Crippen molar-refractivity contribution < 1.29 is 9.18 Å². The molecule has 0 aliphatic heterocycles. The average molecular weight is 366 g/mol. The second-order valence-corrected chi connectivity index (χ2v) is 6.43. The fourth-order valence-corrected chi connectivity index (χ4v) is 2.73. The van der Waals surface area contributed by atoms with E-state index in [-0.39, 0.29) is 17.0 Å². The first-order valence-corrected chi connectivity index (χ1v) is 8.52. The Balaban J connectivity index is 1.96. The predicted molar refractivity (Wildman–Crippen MR) is 99.5 cm³/mol. The van der Waals surface area contributed by atoms with E-state index < -0.39 is 17.8 Å². The maximum atomic E-state index is 13.9. The SMILES string of the molecule is CC(C)[C@H](NC(=O)c1ccccc1F)c1cc(=O)[nH]c(-c2ccncc2)n1. The van der Waals surface area contributed by atoms with Gasteiger partial charge in [-0.25, -0.2) is 9.37 Å². The number of benzene rings is 1. The topological polar surface area (TPSA) is 87.7 Å². The second kappa shape index (κ2) is 7.90. The van der Waals surface area contributed by atoms with Crippen LogP contribution in [0, 0.1) is 11.7 Å². The summed E-state index contributed by atoms with van der Waals surface area (Å²) in [5.41, 5.74) is 0.720. The van der Waals surface area contributed by atoms with Crippen LogP contribution in [0.5, 0.6) is 0 Å². The quantitative estimate of drug-likeness (QED) is 0.726. The molecule has 0 aliphatic carbocycles. The van der Waals surface area contributed by atoms with E-state index in [4.69, 9.17) is 0 Å². The Bertz CT molecular complexity index is 1000. The van der Waals surface area contributed by atoms with Crippen molar-refractivity contribution in [3.8, 4) is 11.4 Å². The van der Waals surface area contributed by atoms with Gasteiger partial charge < -0.3 is 10.3 Å². The maximum absolute atomic E-state index is 13.9. The number of pyridine rings is 1. The van der Waals surface area contributed by atoms with Gasteiger partial charge in [-0.15, -0.1) is 0 Å². The summed E-state index contributed by atoms with van der Waals surface area (Å²) in [7, 11) is 0. The molecule has 2 N–H and O–H groups in total. The fourth-order valence-electron chi connectivity index (χ4n) is 2.73. The number of hydrogen-bond acceptors (Lipinski definition) is 4. The Morgan fingerprint density at radius 2 is 1.85 bits per heavy atom. The standard InChI is InChI=1S/C20H19FN4O2/c1-12(2)18(25-20(27)14-5-3-4-6-15(14)21)16-11-17(26)24-19(23-16)13-7-9-22-10-8-13/h3-12,18H,1-2H3,(H,25,27)(H,23,24,26)/t18-/m0/s1. The van der Waals surface area contributed by atoms with Crippen LogP contribution < -0.4 is 10.9 Å². The summed E-state index contributed by atoms with van der Waals surface area (Å²) in [6.45, 7) is 3.78. The van der Waals surface area contributed by atoms with Gasteiger partial charge in [0.15, 0.2) is 0 Å². The molecular formula is C20H19FN4O2. The molecule has 1 atom stereocenters. The zero-order valence-electron chi connectivity index (χ0n) is 14.9. The van der Waals surface area contributed by atoms with Gasteiger partial charge in [-0.3, -0.25) is 14.6 Å². The third kappa shape index (κ3) is 4.25. The van der Waals surface area contributed by atoms with Gasteiger partial charge in [-0.2, -0.15) is 0 Å². The minimum Gasteiger partial charge on any atom is -0.343 e. The monoisotopic (exact) mass is 366 g/mol. The Kier molecular flexibility index (Phi) is 5.40. The van der Waals surface area contributed by atoms with E-state index in [1.807, 2.05) is 13.8 Å². The van der Waals surface area contributed by atoms with E-state index >= 15 is 0 Å². The van der Waals surface area contributed by atoms with Crippen LogP contribution in [0.3, 0.4) is 0 Å². The highest BCUT2D eigenvalue weighted by molar-refractivity contribution is 5.94. The van der Waals surface area contributed by atoms with Crippen LogP contribution in [0.15, 0.2) is 59.7 Å². The highest BCUT2D eigenvalue weighted by Crippen LogP contribution is 2.22. The van der Waals surface area contributed by atoms with Crippen LogP contribution in [0.2, 0.25) is 0 Å². The van der Waals surface area contributed by atoms with Gasteiger partial charge in [0.05, 0.1) is 17.3 Å². The van der Waals surface area contributed by atoms with Gasteiger partial charge in [-0.1, -0.05) is 26.0 Å². The van der Waals surface area contributed by atoms with E-state index in [0.29, 0.717) is 17.1 Å². The summed E-state index contributed by atoms with van der Waals surface area (Å²) in [5, 5.41) is 2.79. The molecule has 1 amide bonds. The highest BCUT2D eigenvalue weighted by Gasteiger charge is 2.23. The number of amides is 1. The summed E-state index contributed by atoms with van der Waals surface area (Å²) in [4.78, 5) is 35.8. The lowest BCUT2D eigenvalue weighted by Gasteiger charge is -2.22. The number of nitrogens with zero attached hydrogens (tertiary/aromatic N) is 2. The van der Waals surface area contributed by atoms with Gasteiger partial charge >= 0.3 is 0 Å². The average Bonchev–Trinajstić information content (AvgIpc) is 2.66. The van der Waals surface area contributed by atoms with Gasteiger partial charge in [0.1, 0.15) is 11.6 Å². The Morgan fingerprint density at radius 1 is 1.15 bits per heavy atom. The van der Waals surface area contributed by atoms with Crippen LogP contribution in [0.1, 0.15) is 35.9 Å². The number of nitrogens with one attached hydrogen (secondary N) is 2. The minimum atomic E-state index is -0.603. The molecule has 3 rings (SSSR count). The van der Waals surface area contributed by atoms with Crippen LogP contribution in [0.4, 0.5) is 4.39 Å². The zero-order chi connectivity index (χ0) is 19.4. The Morgan fingerprint density at radius 3 is 2.52 bits per heavy atom. The van der Waals surface area contributed by atoms with Gasteiger partial charge in [0, 0.05) is 24.0 Å². The maximum Gasteiger partial charge on any atom is 0.254 e. The van der Waals surface area contributed by atoms with E-state index in [2.05, 4.69) is 20.3 Å². The molecule has 2 aromatic heterocycles. The van der Waals surface area contributed by atoms with Gasteiger partial charge in [0.25, 0.3) is 11.5 Å². The molecule has 3 aromatic rings. The Labute approximate surface area is 155 Å². The third-order valence-electron chi connectivity index (χ3n) is 4.11. The number of H-pyrrole nitrogens is 1. The number of halogens is 1. The van der Waals surface area contributed by atoms with Crippen molar-refractivity contribution in [3.05, 3.63) is 82.3 Å². The van der Waals surface area contributed by atoms with Crippen molar-refractivity contribution in [1.82, 2.24) is 20.3 Å². The molecule has 0 radical (unpaired) electrons. The fraction of sp³-hybridized carbons (Fsp3) is 0.200. The first-order valence-electron chi connectivity index (χ1n) is 8.52. The summed E-state index contributed by atoms with van der Waals surface area (Å²) in [5.74, 6) is -0.848. The first-order chi connectivity index (χ1) is 13.0. The van der Waals surface area contributed by atoms with Crippen LogP contribution in [-0.4, -0.2) is 20.9 Å². The lowest BCUT2D eigenvalue weighted by atomic mass is 9.99. The molecule has 1 aromatic carbocycles. The van der Waals surface area contributed by atoms with Crippen molar-refractivity contribution >= 4 is 5.91 Å². The van der Waals surface area contributed by atoms with Crippen LogP contribution in [0.25, 0.3) is 11.4 Å². The minimum absolute atomic E-state index is 0.0534. The van der Waals surface area contributed by atoms with Gasteiger partial charge in [0.2, 0.25) is 0 Å². The molecule has 2 heterocycles. The van der Waals surface area contributed by atoms with Crippen molar-refractivity contribution in [2.75, 3.05) is 0 Å². The van der Waals surface area contributed by atoms with Crippen molar-refractivity contribution in [2.24, 2.45) is 5.92 Å². The molecule has 0 spiro atoms. The first kappa shape index (κ1) is 18.4. The third-order valence-corrected chi connectivity index (χ3v) is 4.11. The Hall–Kier alpha value is -3.35. The van der Waals surface area contributed by atoms with E-state index in [1.165, 1.54) is 24.3 Å². The molecule has 0 bridgehead atoms. The molecular weight excluding hydrogens is 347 g/mol. The zero-order valence-corrected chi connectivity index (χ0v) is 14.9. The number of aromatic nitrogens is 3. The summed E-state index contributed by atoms with van der Waals surface area (Å²) in [6, 6.07) is 9.99. The second-order valence-electron chi connectivity index (χ2n) is 6.43. The van der Waals surface area contributed by atoms with Crippen LogP contribution in [-0.2, 0) is 0 Å². The largest absolute Gasteiger partial charge is 0.343 e. The number of hydrogen-bond donors (Lipinski definition) is 2. The number of aromatic amines is 1. The molecule has 7 heteroatoms. The number of carbonyl (C=O) groups is 1. The molecule has 0 saturated carbocycles. The number of rotatable bonds is 5. The lowest BCUT2D eigenvalue weighted by molar-refractivity contribution is 0.0920. The predicted octanol–water partition coefficient (Wildman–Crippen LogP) is 3.10. The van der Waals surface area contributed by atoms with Gasteiger partial charge in [-0.05, 0) is 30.2 Å².